The van der Waals surface area contributed by atoms with E-state index in [2.05, 4.69) is 37.0 Å². The van der Waals surface area contributed by atoms with Crippen LogP contribution in [0.1, 0.15) is 33.5 Å². The Hall–Kier alpha value is -1.19. The summed E-state index contributed by atoms with van der Waals surface area (Å²) in [4.78, 5) is 4.32. The van der Waals surface area contributed by atoms with Crippen LogP contribution in [-0.4, -0.2) is 10.1 Å². The Morgan fingerprint density at radius 1 is 1.18 bits per heavy atom. The highest BCUT2D eigenvalue weighted by atomic mass is 32.1. The number of aliphatic hydroxyl groups excluding tert-OH is 1. The summed E-state index contributed by atoms with van der Waals surface area (Å²) in [6.45, 7) is 6.11. The van der Waals surface area contributed by atoms with Crippen LogP contribution >= 0.6 is 11.3 Å². The summed E-state index contributed by atoms with van der Waals surface area (Å²) in [7, 11) is 0. The summed E-state index contributed by atoms with van der Waals surface area (Å²) in [5.74, 6) is 0. The molecule has 1 heterocycles. The van der Waals surface area contributed by atoms with Gasteiger partial charge < -0.3 is 5.11 Å². The van der Waals surface area contributed by atoms with Gasteiger partial charge in [0.1, 0.15) is 11.1 Å². The minimum Gasteiger partial charge on any atom is -0.386 e. The number of aliphatic hydroxyl groups is 1. The third-order valence-electron chi connectivity index (χ3n) is 2.63. The van der Waals surface area contributed by atoms with E-state index in [1.165, 1.54) is 28.0 Å². The van der Waals surface area contributed by atoms with Crippen LogP contribution in [0.15, 0.2) is 23.6 Å². The quantitative estimate of drug-likeness (QED) is 0.902. The molecule has 0 saturated heterocycles. The Kier molecular flexibility index (Phi) is 3.60. The molecule has 1 aromatic carbocycles. The van der Waals surface area contributed by atoms with Gasteiger partial charge in [0.05, 0.1) is 0 Å². The van der Waals surface area contributed by atoms with E-state index in [0.717, 1.165) is 10.7 Å². The number of benzene rings is 1. The van der Waals surface area contributed by atoms with Crippen molar-refractivity contribution >= 4 is 11.3 Å². The van der Waals surface area contributed by atoms with E-state index >= 15 is 0 Å². The van der Waals surface area contributed by atoms with Crippen LogP contribution < -0.4 is 0 Å². The predicted octanol–water partition coefficient (Wildman–Crippen LogP) is 3.34. The Labute approximate surface area is 106 Å². The van der Waals surface area contributed by atoms with Gasteiger partial charge in [-0.2, -0.15) is 0 Å². The number of thiazole rings is 1. The van der Waals surface area contributed by atoms with Gasteiger partial charge >= 0.3 is 0 Å². The summed E-state index contributed by atoms with van der Waals surface area (Å²) in [5, 5.41) is 12.9. The lowest BCUT2D eigenvalue weighted by molar-refractivity contribution is 0.178. The van der Waals surface area contributed by atoms with Gasteiger partial charge in [-0.15, -0.1) is 11.3 Å². The largest absolute Gasteiger partial charge is 0.386 e. The van der Waals surface area contributed by atoms with E-state index in [4.69, 9.17) is 0 Å². The van der Waals surface area contributed by atoms with E-state index in [-0.39, 0.29) is 0 Å². The topological polar surface area (TPSA) is 33.1 Å². The first-order valence-electron chi connectivity index (χ1n) is 5.72. The van der Waals surface area contributed by atoms with Crippen molar-refractivity contribution in [1.29, 1.82) is 0 Å². The fourth-order valence-corrected chi connectivity index (χ4v) is 2.80. The maximum absolute atomic E-state index is 10.1. The first-order valence-corrected chi connectivity index (χ1v) is 6.60. The van der Waals surface area contributed by atoms with E-state index in [1.54, 1.807) is 0 Å². The van der Waals surface area contributed by atoms with Crippen LogP contribution in [0.25, 0.3) is 0 Å². The lowest BCUT2D eigenvalue weighted by Gasteiger charge is -2.09. The number of hydrogen-bond donors (Lipinski definition) is 1. The van der Waals surface area contributed by atoms with Crippen LogP contribution in [0.4, 0.5) is 0 Å². The molecule has 0 bridgehead atoms. The second-order valence-corrected chi connectivity index (χ2v) is 5.43. The Balaban J connectivity index is 2.15. The Bertz CT molecular complexity index is 498. The molecule has 1 unspecified atom stereocenters. The highest BCUT2D eigenvalue weighted by Gasteiger charge is 2.12. The van der Waals surface area contributed by atoms with Gasteiger partial charge in [-0.05, 0) is 26.3 Å². The minimum absolute atomic E-state index is 0.491. The highest BCUT2D eigenvalue weighted by Crippen LogP contribution is 2.22. The smallest absolute Gasteiger partial charge is 0.122 e. The molecule has 1 aromatic heterocycles. The highest BCUT2D eigenvalue weighted by molar-refractivity contribution is 7.09. The van der Waals surface area contributed by atoms with Crippen molar-refractivity contribution in [2.45, 2.75) is 33.3 Å². The van der Waals surface area contributed by atoms with E-state index in [9.17, 15) is 5.11 Å². The summed E-state index contributed by atoms with van der Waals surface area (Å²) in [6, 6.07) is 6.39. The van der Waals surface area contributed by atoms with Crippen molar-refractivity contribution < 1.29 is 5.11 Å². The SMILES string of the molecule is Cc1cc(C)cc(CC(O)c2nc(C)cs2)c1. The number of hydrogen-bond acceptors (Lipinski definition) is 3. The molecular weight excluding hydrogens is 230 g/mol. The van der Waals surface area contributed by atoms with Gasteiger partial charge in [0.25, 0.3) is 0 Å². The number of rotatable bonds is 3. The third-order valence-corrected chi connectivity index (χ3v) is 3.70. The fraction of sp³-hybridized carbons (Fsp3) is 0.357. The van der Waals surface area contributed by atoms with Crippen molar-refractivity contribution in [3.05, 3.63) is 51.0 Å². The van der Waals surface area contributed by atoms with Gasteiger partial charge in [-0.1, -0.05) is 29.3 Å². The maximum atomic E-state index is 10.1. The van der Waals surface area contributed by atoms with E-state index in [0.29, 0.717) is 6.42 Å². The summed E-state index contributed by atoms with van der Waals surface area (Å²) < 4.78 is 0. The molecule has 0 saturated carbocycles. The molecule has 0 radical (unpaired) electrons. The lowest BCUT2D eigenvalue weighted by Crippen LogP contribution is -2.02. The molecule has 2 aromatic rings. The van der Waals surface area contributed by atoms with Gasteiger partial charge in [0.15, 0.2) is 0 Å². The molecule has 17 heavy (non-hydrogen) atoms. The molecule has 0 aliphatic rings. The zero-order valence-corrected chi connectivity index (χ0v) is 11.2. The molecule has 2 rings (SSSR count). The predicted molar refractivity (Wildman–Crippen MR) is 71.4 cm³/mol. The van der Waals surface area contributed by atoms with Crippen molar-refractivity contribution in [3.63, 3.8) is 0 Å². The number of nitrogens with zero attached hydrogens (tertiary/aromatic N) is 1. The first kappa shape index (κ1) is 12.3. The van der Waals surface area contributed by atoms with Crippen molar-refractivity contribution in [2.75, 3.05) is 0 Å². The Morgan fingerprint density at radius 3 is 2.35 bits per heavy atom. The van der Waals surface area contributed by atoms with Crippen molar-refractivity contribution in [1.82, 2.24) is 4.98 Å². The Morgan fingerprint density at radius 2 is 1.82 bits per heavy atom. The zero-order chi connectivity index (χ0) is 12.4. The zero-order valence-electron chi connectivity index (χ0n) is 10.4. The van der Waals surface area contributed by atoms with E-state index < -0.39 is 6.10 Å². The molecule has 0 spiro atoms. The van der Waals surface area contributed by atoms with Gasteiger partial charge in [-0.25, -0.2) is 4.98 Å². The molecular formula is C14H17NOS. The third kappa shape index (κ3) is 3.14. The average molecular weight is 247 g/mol. The van der Waals surface area contributed by atoms with Gasteiger partial charge in [0.2, 0.25) is 0 Å². The van der Waals surface area contributed by atoms with Crippen LogP contribution in [0.2, 0.25) is 0 Å². The normalized spacial score (nSPS) is 12.7. The van der Waals surface area contributed by atoms with Crippen LogP contribution in [0.3, 0.4) is 0 Å². The van der Waals surface area contributed by atoms with Gasteiger partial charge in [0, 0.05) is 17.5 Å². The molecule has 90 valence electrons. The second kappa shape index (κ2) is 4.98. The van der Waals surface area contributed by atoms with Crippen LogP contribution in [0.5, 0.6) is 0 Å². The monoisotopic (exact) mass is 247 g/mol. The molecule has 1 atom stereocenters. The molecule has 2 nitrogen and oxygen atoms in total. The molecule has 3 heteroatoms. The lowest BCUT2D eigenvalue weighted by atomic mass is 10.0. The van der Waals surface area contributed by atoms with E-state index in [1.807, 2.05) is 12.3 Å². The second-order valence-electron chi connectivity index (χ2n) is 4.54. The first-order chi connectivity index (χ1) is 8.04. The van der Waals surface area contributed by atoms with Crippen LogP contribution in [0, 0.1) is 20.8 Å². The number of aryl methyl sites for hydroxylation is 3. The summed E-state index contributed by atoms with van der Waals surface area (Å²) in [6.07, 6.45) is 0.144. The number of aromatic nitrogens is 1. The van der Waals surface area contributed by atoms with Crippen molar-refractivity contribution in [2.24, 2.45) is 0 Å². The molecule has 0 fully saturated rings. The molecule has 0 aliphatic carbocycles. The molecule has 1 N–H and O–H groups in total. The summed E-state index contributed by atoms with van der Waals surface area (Å²) in [5.41, 5.74) is 4.62. The van der Waals surface area contributed by atoms with Crippen LogP contribution in [-0.2, 0) is 6.42 Å². The maximum Gasteiger partial charge on any atom is 0.122 e. The minimum atomic E-state index is -0.491. The fourth-order valence-electron chi connectivity index (χ4n) is 2.02. The average Bonchev–Trinajstić information content (AvgIpc) is 2.63. The van der Waals surface area contributed by atoms with Gasteiger partial charge in [-0.3, -0.25) is 0 Å². The molecule has 0 amide bonds. The van der Waals surface area contributed by atoms with Crippen molar-refractivity contribution in [3.8, 4) is 0 Å². The summed E-state index contributed by atoms with van der Waals surface area (Å²) >= 11 is 1.52. The standard InChI is InChI=1S/C14H17NOS/c1-9-4-10(2)6-12(5-9)7-13(16)14-15-11(3)8-17-14/h4-6,8,13,16H,7H2,1-3H3. The molecule has 0 aliphatic heterocycles.